The normalized spacial score (nSPS) is 12.8. The summed E-state index contributed by atoms with van der Waals surface area (Å²) in [7, 11) is 0. The average molecular weight is 926 g/mol. The van der Waals surface area contributed by atoms with Gasteiger partial charge in [-0.15, -0.1) is 11.3 Å². The maximum Gasteiger partial charge on any atom is 0.0713 e. The maximum atomic E-state index is 2.57. The fourth-order valence-corrected chi connectivity index (χ4v) is 12.8. The molecule has 0 saturated heterocycles. The molecule has 11 aromatic carbocycles. The van der Waals surface area contributed by atoms with Crippen molar-refractivity contribution in [3.63, 3.8) is 0 Å². The van der Waals surface area contributed by atoms with Crippen LogP contribution in [0.2, 0.25) is 0 Å². The Balaban J connectivity index is 1.12. The summed E-state index contributed by atoms with van der Waals surface area (Å²) >= 11 is 1.89. The zero-order chi connectivity index (χ0) is 47.7. The largest absolute Gasteiger partial charge is 0.309 e. The SMILES string of the molecule is CC(C)(C)c1ccc(-c2ccc(N(c3ccc4c(c3)-c3ccccc3C4(c3ccccc3)c3ccccc3)c3ccc4ccccc4c3-c3cccc4c3sc3ccccc34)c(-c3ccccc3)c2)cc1. The molecule has 0 N–H and O–H groups in total. The summed E-state index contributed by atoms with van der Waals surface area (Å²) in [6.45, 7) is 6.84. The van der Waals surface area contributed by atoms with Gasteiger partial charge in [0, 0.05) is 42.6 Å². The lowest BCUT2D eigenvalue weighted by Crippen LogP contribution is -2.28. The minimum atomic E-state index is -0.512. The molecule has 0 unspecified atom stereocenters. The molecule has 2 heteroatoms. The number of hydrogen-bond donors (Lipinski definition) is 0. The fourth-order valence-electron chi connectivity index (χ4n) is 11.6. The van der Waals surface area contributed by atoms with Crippen LogP contribution in [0.5, 0.6) is 0 Å². The molecule has 1 nitrogen and oxygen atoms in total. The first-order chi connectivity index (χ1) is 34.9. The summed E-state index contributed by atoms with van der Waals surface area (Å²) in [6.07, 6.45) is 0. The smallest absolute Gasteiger partial charge is 0.0713 e. The van der Waals surface area contributed by atoms with Gasteiger partial charge in [0.05, 0.1) is 16.8 Å². The van der Waals surface area contributed by atoms with Gasteiger partial charge in [0.2, 0.25) is 0 Å². The topological polar surface area (TPSA) is 3.24 Å². The Hall–Kier alpha value is -8.30. The summed E-state index contributed by atoms with van der Waals surface area (Å²) in [5.41, 5.74) is 18.9. The number of benzene rings is 11. The molecular weight excluding hydrogens is 875 g/mol. The van der Waals surface area contributed by atoms with E-state index in [1.807, 2.05) is 11.3 Å². The highest BCUT2D eigenvalue weighted by molar-refractivity contribution is 7.26. The molecule has 1 aliphatic carbocycles. The lowest BCUT2D eigenvalue weighted by molar-refractivity contribution is 0.590. The first kappa shape index (κ1) is 42.8. The highest BCUT2D eigenvalue weighted by atomic mass is 32.1. The van der Waals surface area contributed by atoms with Gasteiger partial charge in [-0.05, 0) is 108 Å². The molecule has 0 saturated carbocycles. The number of nitrogens with zero attached hydrogens (tertiary/aromatic N) is 1. The summed E-state index contributed by atoms with van der Waals surface area (Å²) in [4.78, 5) is 2.57. The van der Waals surface area contributed by atoms with E-state index >= 15 is 0 Å². The molecule has 0 atom stereocenters. The molecule has 12 aromatic rings. The first-order valence-corrected chi connectivity index (χ1v) is 25.6. The highest BCUT2D eigenvalue weighted by Crippen LogP contribution is 2.58. The van der Waals surface area contributed by atoms with Gasteiger partial charge in [-0.1, -0.05) is 239 Å². The third kappa shape index (κ3) is 6.96. The Morgan fingerprint density at radius 2 is 0.972 bits per heavy atom. The van der Waals surface area contributed by atoms with Crippen LogP contribution in [-0.4, -0.2) is 0 Å². The molecule has 0 amide bonds. The Kier molecular flexibility index (Phi) is 10.2. The van der Waals surface area contributed by atoms with Crippen molar-refractivity contribution < 1.29 is 0 Å². The van der Waals surface area contributed by atoms with Gasteiger partial charge in [-0.3, -0.25) is 0 Å². The number of rotatable bonds is 8. The minimum absolute atomic E-state index is 0.0635. The standard InChI is InChI=1S/C69H51NS/c1-68(2,3)50-38-34-46(35-39-50)49-37-42-63(59(44-49)47-20-7-4-8-21-47)70(64-43-36-48-22-13-14-27-54(48)66(64)58-31-19-30-57-56-29-16-18-33-65(56)71-67(57)58)53-40-41-62-60(45-53)55-28-15-17-32-61(55)69(62,51-23-9-5-10-24-51)52-25-11-6-12-26-52/h4-45H,1-3H3. The third-order valence-corrected chi connectivity index (χ3v) is 16.1. The van der Waals surface area contributed by atoms with Gasteiger partial charge in [0.15, 0.2) is 0 Å². The molecule has 1 heterocycles. The number of hydrogen-bond acceptors (Lipinski definition) is 2. The molecule has 0 fully saturated rings. The van der Waals surface area contributed by atoms with E-state index in [0.29, 0.717) is 0 Å². The van der Waals surface area contributed by atoms with Crippen LogP contribution in [0.25, 0.3) is 75.5 Å². The lowest BCUT2D eigenvalue weighted by atomic mass is 9.68. The second-order valence-corrected chi connectivity index (χ2v) is 21.0. The van der Waals surface area contributed by atoms with E-state index in [4.69, 9.17) is 0 Å². The van der Waals surface area contributed by atoms with Crippen LogP contribution < -0.4 is 4.90 Å². The number of thiophene rings is 1. The molecular formula is C69H51NS. The summed E-state index contributed by atoms with van der Waals surface area (Å²) < 4.78 is 2.59. The van der Waals surface area contributed by atoms with Gasteiger partial charge < -0.3 is 4.90 Å². The van der Waals surface area contributed by atoms with Crippen LogP contribution >= 0.6 is 11.3 Å². The predicted molar refractivity (Wildman–Crippen MR) is 304 cm³/mol. The van der Waals surface area contributed by atoms with Crippen LogP contribution in [0, 0.1) is 0 Å². The van der Waals surface area contributed by atoms with Crippen molar-refractivity contribution in [2.45, 2.75) is 31.6 Å². The van der Waals surface area contributed by atoms with Crippen molar-refractivity contribution in [3.05, 3.63) is 283 Å². The van der Waals surface area contributed by atoms with Gasteiger partial charge >= 0.3 is 0 Å². The molecule has 1 aromatic heterocycles. The van der Waals surface area contributed by atoms with Crippen LogP contribution in [-0.2, 0) is 10.8 Å². The van der Waals surface area contributed by atoms with Gasteiger partial charge in [-0.25, -0.2) is 0 Å². The highest BCUT2D eigenvalue weighted by Gasteiger charge is 2.46. The van der Waals surface area contributed by atoms with Gasteiger partial charge in [0.1, 0.15) is 0 Å². The minimum Gasteiger partial charge on any atom is -0.309 e. The summed E-state index contributed by atoms with van der Waals surface area (Å²) in [5, 5.41) is 5.01. The average Bonchev–Trinajstić information content (AvgIpc) is 3.96. The second kappa shape index (κ2) is 17.0. The van der Waals surface area contributed by atoms with Crippen LogP contribution in [0.15, 0.2) is 255 Å². The molecule has 338 valence electrons. The van der Waals surface area contributed by atoms with Gasteiger partial charge in [0.25, 0.3) is 0 Å². The van der Waals surface area contributed by atoms with E-state index in [2.05, 4.69) is 280 Å². The Labute approximate surface area is 420 Å². The molecule has 0 bridgehead atoms. The first-order valence-electron chi connectivity index (χ1n) is 24.7. The van der Waals surface area contributed by atoms with E-state index in [9.17, 15) is 0 Å². The van der Waals surface area contributed by atoms with Crippen LogP contribution in [0.4, 0.5) is 17.1 Å². The van der Waals surface area contributed by atoms with Crippen LogP contribution in [0.3, 0.4) is 0 Å². The number of fused-ring (bicyclic) bond motifs is 7. The zero-order valence-electron chi connectivity index (χ0n) is 40.1. The van der Waals surface area contributed by atoms with E-state index in [0.717, 1.165) is 28.2 Å². The Bertz CT molecular complexity index is 3910. The van der Waals surface area contributed by atoms with Crippen molar-refractivity contribution in [3.8, 4) is 44.5 Å². The molecule has 0 aliphatic heterocycles. The quantitative estimate of drug-likeness (QED) is 0.147. The number of anilines is 3. The van der Waals surface area contributed by atoms with E-state index < -0.39 is 5.41 Å². The third-order valence-electron chi connectivity index (χ3n) is 14.9. The molecule has 0 spiro atoms. The Morgan fingerprint density at radius 3 is 1.72 bits per heavy atom. The second-order valence-electron chi connectivity index (χ2n) is 20.0. The van der Waals surface area contributed by atoms with Crippen molar-refractivity contribution in [1.82, 2.24) is 0 Å². The van der Waals surface area contributed by atoms with Crippen molar-refractivity contribution in [2.75, 3.05) is 4.90 Å². The van der Waals surface area contributed by atoms with Crippen molar-refractivity contribution in [2.24, 2.45) is 0 Å². The molecule has 0 radical (unpaired) electrons. The van der Waals surface area contributed by atoms with Gasteiger partial charge in [-0.2, -0.15) is 0 Å². The summed E-state index contributed by atoms with van der Waals surface area (Å²) in [5.74, 6) is 0. The molecule has 13 rings (SSSR count). The molecule has 1 aliphatic rings. The maximum absolute atomic E-state index is 2.57. The summed E-state index contributed by atoms with van der Waals surface area (Å²) in [6, 6.07) is 95.2. The monoisotopic (exact) mass is 925 g/mol. The predicted octanol–water partition coefficient (Wildman–Crippen LogP) is 19.3. The van der Waals surface area contributed by atoms with Crippen molar-refractivity contribution in [1.29, 1.82) is 0 Å². The zero-order valence-corrected chi connectivity index (χ0v) is 40.9. The Morgan fingerprint density at radius 1 is 0.380 bits per heavy atom. The van der Waals surface area contributed by atoms with E-state index in [-0.39, 0.29) is 5.41 Å². The van der Waals surface area contributed by atoms with Crippen LogP contribution in [0.1, 0.15) is 48.6 Å². The van der Waals surface area contributed by atoms with E-state index in [1.54, 1.807) is 0 Å². The van der Waals surface area contributed by atoms with E-state index in [1.165, 1.54) is 92.1 Å². The fraction of sp³-hybridized carbons (Fsp3) is 0.0725. The van der Waals surface area contributed by atoms with Crippen molar-refractivity contribution >= 4 is 59.3 Å². The lowest BCUT2D eigenvalue weighted by Gasteiger charge is -2.34. The molecule has 71 heavy (non-hydrogen) atoms.